The Labute approximate surface area is 133 Å². The number of anilines is 1. The van der Waals surface area contributed by atoms with Crippen molar-refractivity contribution in [3.05, 3.63) is 18.2 Å². The third-order valence-corrected chi connectivity index (χ3v) is 3.02. The molecule has 1 aromatic rings. The molecule has 1 heterocycles. The largest absolute Gasteiger partial charge is 0.454 e. The number of esters is 1. The average Bonchev–Trinajstić information content (AvgIpc) is 2.94. The van der Waals surface area contributed by atoms with Gasteiger partial charge in [-0.25, -0.2) is 0 Å². The van der Waals surface area contributed by atoms with Gasteiger partial charge in [0.2, 0.25) is 12.7 Å². The average molecular weight is 322 g/mol. The Morgan fingerprint density at radius 3 is 2.74 bits per heavy atom. The topological polar surface area (TPSA) is 103 Å². The number of benzene rings is 1. The monoisotopic (exact) mass is 322 g/mol. The summed E-state index contributed by atoms with van der Waals surface area (Å²) in [5.41, 5.74) is 0.514. The summed E-state index contributed by atoms with van der Waals surface area (Å²) >= 11 is 0. The van der Waals surface area contributed by atoms with E-state index < -0.39 is 18.0 Å². The number of hydrogen-bond donors (Lipinski definition) is 2. The molecule has 0 aromatic heterocycles. The van der Waals surface area contributed by atoms with Crippen LogP contribution in [0.1, 0.15) is 20.3 Å². The second-order valence-electron chi connectivity index (χ2n) is 4.92. The van der Waals surface area contributed by atoms with E-state index in [2.05, 4.69) is 10.6 Å². The van der Waals surface area contributed by atoms with Crippen LogP contribution in [0.25, 0.3) is 0 Å². The van der Waals surface area contributed by atoms with Gasteiger partial charge in [0.15, 0.2) is 17.6 Å². The van der Waals surface area contributed by atoms with Crippen LogP contribution in [0.15, 0.2) is 18.2 Å². The van der Waals surface area contributed by atoms with Crippen LogP contribution in [-0.4, -0.2) is 37.2 Å². The maximum Gasteiger partial charge on any atom is 0.308 e. The molecule has 0 aliphatic carbocycles. The highest BCUT2D eigenvalue weighted by Gasteiger charge is 2.19. The van der Waals surface area contributed by atoms with Crippen LogP contribution in [0, 0.1) is 0 Å². The first kappa shape index (κ1) is 16.6. The minimum absolute atomic E-state index is 0.00121. The fraction of sp³-hybridized carbons (Fsp3) is 0.400. The Kier molecular flexibility index (Phi) is 5.40. The quantitative estimate of drug-likeness (QED) is 0.751. The molecule has 124 valence electrons. The van der Waals surface area contributed by atoms with Crippen LogP contribution in [0.4, 0.5) is 5.69 Å². The summed E-state index contributed by atoms with van der Waals surface area (Å²) in [4.78, 5) is 34.2. The second kappa shape index (κ2) is 7.48. The van der Waals surface area contributed by atoms with E-state index in [-0.39, 0.29) is 25.7 Å². The molecular formula is C15H18N2O6. The predicted octanol–water partition coefficient (Wildman–Crippen LogP) is 0.812. The molecule has 1 aliphatic rings. The normalized spacial score (nSPS) is 13.1. The summed E-state index contributed by atoms with van der Waals surface area (Å²) < 4.78 is 15.4. The molecule has 0 spiro atoms. The second-order valence-corrected chi connectivity index (χ2v) is 4.92. The summed E-state index contributed by atoms with van der Waals surface area (Å²) in [5.74, 6) is -0.0987. The molecule has 0 saturated carbocycles. The van der Waals surface area contributed by atoms with E-state index in [4.69, 9.17) is 14.2 Å². The number of hydrogen-bond acceptors (Lipinski definition) is 6. The van der Waals surface area contributed by atoms with Crippen LogP contribution in [0.5, 0.6) is 11.5 Å². The fourth-order valence-corrected chi connectivity index (χ4v) is 1.87. The SMILES string of the molecule is CC(=O)NCCC(=O)O[C@H](C)C(=O)Nc1ccc2c(c1)OCO2. The number of fused-ring (bicyclic) bond motifs is 1. The van der Waals surface area contributed by atoms with Gasteiger partial charge in [0, 0.05) is 25.2 Å². The Hall–Kier alpha value is -2.77. The maximum absolute atomic E-state index is 12.0. The molecule has 0 unspecified atom stereocenters. The third-order valence-electron chi connectivity index (χ3n) is 3.02. The van der Waals surface area contributed by atoms with Crippen LogP contribution in [0.2, 0.25) is 0 Å². The Bertz CT molecular complexity index is 616. The van der Waals surface area contributed by atoms with Crippen molar-refractivity contribution in [3.63, 3.8) is 0 Å². The number of carbonyl (C=O) groups excluding carboxylic acids is 3. The minimum atomic E-state index is -0.953. The molecule has 2 amide bonds. The Morgan fingerprint density at radius 2 is 2.00 bits per heavy atom. The number of nitrogens with one attached hydrogen (secondary N) is 2. The Balaban J connectivity index is 1.80. The first-order chi connectivity index (χ1) is 11.0. The van der Waals surface area contributed by atoms with Crippen molar-refractivity contribution in [2.75, 3.05) is 18.7 Å². The third kappa shape index (κ3) is 4.87. The molecule has 0 radical (unpaired) electrons. The zero-order valence-electron chi connectivity index (χ0n) is 12.9. The maximum atomic E-state index is 12.0. The predicted molar refractivity (Wildman–Crippen MR) is 80.0 cm³/mol. The molecular weight excluding hydrogens is 304 g/mol. The minimum Gasteiger partial charge on any atom is -0.454 e. The summed E-state index contributed by atoms with van der Waals surface area (Å²) in [6, 6.07) is 4.98. The molecule has 8 heteroatoms. The van der Waals surface area contributed by atoms with Crippen molar-refractivity contribution in [2.45, 2.75) is 26.4 Å². The van der Waals surface area contributed by atoms with Gasteiger partial charge in [-0.05, 0) is 19.1 Å². The molecule has 23 heavy (non-hydrogen) atoms. The van der Waals surface area contributed by atoms with Gasteiger partial charge in [-0.2, -0.15) is 0 Å². The lowest BCUT2D eigenvalue weighted by Gasteiger charge is -2.13. The zero-order chi connectivity index (χ0) is 16.8. The number of rotatable bonds is 6. The lowest BCUT2D eigenvalue weighted by Crippen LogP contribution is -2.31. The van der Waals surface area contributed by atoms with Crippen molar-refractivity contribution in [1.29, 1.82) is 0 Å². The van der Waals surface area contributed by atoms with Crippen molar-refractivity contribution in [1.82, 2.24) is 5.32 Å². The van der Waals surface area contributed by atoms with Crippen molar-refractivity contribution < 1.29 is 28.6 Å². The lowest BCUT2D eigenvalue weighted by molar-refractivity contribution is -0.153. The molecule has 2 rings (SSSR count). The fourth-order valence-electron chi connectivity index (χ4n) is 1.87. The van der Waals surface area contributed by atoms with E-state index in [9.17, 15) is 14.4 Å². The van der Waals surface area contributed by atoms with Crippen LogP contribution in [0.3, 0.4) is 0 Å². The standard InChI is InChI=1S/C15H18N2O6/c1-9(23-14(19)5-6-16-10(2)18)15(20)17-11-3-4-12-13(7-11)22-8-21-12/h3-4,7,9H,5-6,8H2,1-2H3,(H,16,18)(H,17,20)/t9-/m1/s1. The van der Waals surface area contributed by atoms with Gasteiger partial charge in [0.05, 0.1) is 6.42 Å². The number of amides is 2. The number of carbonyl (C=O) groups is 3. The van der Waals surface area contributed by atoms with Gasteiger partial charge in [-0.15, -0.1) is 0 Å². The van der Waals surface area contributed by atoms with E-state index in [0.29, 0.717) is 17.2 Å². The van der Waals surface area contributed by atoms with E-state index in [1.165, 1.54) is 13.8 Å². The van der Waals surface area contributed by atoms with Gasteiger partial charge in [-0.1, -0.05) is 0 Å². The molecule has 1 atom stereocenters. The highest BCUT2D eigenvalue weighted by molar-refractivity contribution is 5.95. The van der Waals surface area contributed by atoms with Crippen LogP contribution < -0.4 is 20.1 Å². The first-order valence-corrected chi connectivity index (χ1v) is 7.10. The van der Waals surface area contributed by atoms with Gasteiger partial charge in [-0.3, -0.25) is 14.4 Å². The van der Waals surface area contributed by atoms with E-state index >= 15 is 0 Å². The molecule has 0 fully saturated rings. The first-order valence-electron chi connectivity index (χ1n) is 7.10. The summed E-state index contributed by atoms with van der Waals surface area (Å²) in [6.07, 6.45) is -0.952. The molecule has 1 aliphatic heterocycles. The van der Waals surface area contributed by atoms with Crippen molar-refractivity contribution >= 4 is 23.5 Å². The van der Waals surface area contributed by atoms with E-state index in [0.717, 1.165) is 0 Å². The summed E-state index contributed by atoms with van der Waals surface area (Å²) in [7, 11) is 0. The lowest BCUT2D eigenvalue weighted by atomic mass is 10.2. The van der Waals surface area contributed by atoms with E-state index in [1.54, 1.807) is 18.2 Å². The van der Waals surface area contributed by atoms with Crippen molar-refractivity contribution in [3.8, 4) is 11.5 Å². The highest BCUT2D eigenvalue weighted by Crippen LogP contribution is 2.34. The summed E-state index contributed by atoms with van der Waals surface area (Å²) in [6.45, 7) is 3.14. The molecule has 0 saturated heterocycles. The molecule has 1 aromatic carbocycles. The van der Waals surface area contributed by atoms with Gasteiger partial charge < -0.3 is 24.8 Å². The molecule has 8 nitrogen and oxygen atoms in total. The van der Waals surface area contributed by atoms with Crippen LogP contribution in [-0.2, 0) is 19.1 Å². The molecule has 0 bridgehead atoms. The zero-order valence-corrected chi connectivity index (χ0v) is 12.9. The van der Waals surface area contributed by atoms with E-state index in [1.807, 2.05) is 0 Å². The summed E-state index contributed by atoms with van der Waals surface area (Å²) in [5, 5.41) is 5.11. The van der Waals surface area contributed by atoms with Gasteiger partial charge in [0.25, 0.3) is 5.91 Å². The molecule has 2 N–H and O–H groups in total. The van der Waals surface area contributed by atoms with Gasteiger partial charge >= 0.3 is 5.97 Å². The smallest absolute Gasteiger partial charge is 0.308 e. The van der Waals surface area contributed by atoms with Crippen molar-refractivity contribution in [2.24, 2.45) is 0 Å². The number of ether oxygens (including phenoxy) is 3. The Morgan fingerprint density at radius 1 is 1.26 bits per heavy atom. The van der Waals surface area contributed by atoms with Gasteiger partial charge in [0.1, 0.15) is 0 Å². The highest BCUT2D eigenvalue weighted by atomic mass is 16.7. The van der Waals surface area contributed by atoms with Crippen LogP contribution >= 0.6 is 0 Å².